The van der Waals surface area contributed by atoms with Gasteiger partial charge in [-0.25, -0.2) is 4.98 Å². The van der Waals surface area contributed by atoms with E-state index in [2.05, 4.69) is 53.9 Å². The average Bonchev–Trinajstić information content (AvgIpc) is 3.03. The van der Waals surface area contributed by atoms with E-state index in [1.807, 2.05) is 18.3 Å². The fourth-order valence-electron chi connectivity index (χ4n) is 3.69. The summed E-state index contributed by atoms with van der Waals surface area (Å²) in [5.74, 6) is 1.76. The van der Waals surface area contributed by atoms with Gasteiger partial charge >= 0.3 is 0 Å². The van der Waals surface area contributed by atoms with Crippen LogP contribution >= 0.6 is 0 Å². The Morgan fingerprint density at radius 1 is 1.16 bits per heavy atom. The number of benzene rings is 2. The number of hydrogen-bond acceptors (Lipinski definition) is 3. The molecule has 2 heterocycles. The predicted molar refractivity (Wildman–Crippen MR) is 106 cm³/mol. The molecule has 0 bridgehead atoms. The third-order valence-corrected chi connectivity index (χ3v) is 4.90. The fourth-order valence-corrected chi connectivity index (χ4v) is 3.69. The van der Waals surface area contributed by atoms with E-state index in [1.54, 1.807) is 7.11 Å². The molecule has 0 amide bonds. The monoisotopic (exact) mass is 331 g/mol. The lowest BCUT2D eigenvalue weighted by molar-refractivity contribution is 0.415. The normalized spacial score (nSPS) is 11.3. The zero-order valence-electron chi connectivity index (χ0n) is 14.7. The summed E-state index contributed by atoms with van der Waals surface area (Å²) in [6.45, 7) is 8.80. The van der Waals surface area contributed by atoms with Crippen LogP contribution in [0.5, 0.6) is 5.75 Å². The van der Waals surface area contributed by atoms with Gasteiger partial charge < -0.3 is 15.0 Å². The molecule has 0 spiro atoms. The Bertz CT molecular complexity index is 1120. The van der Waals surface area contributed by atoms with E-state index in [0.29, 0.717) is 6.54 Å². The van der Waals surface area contributed by atoms with Gasteiger partial charge in [0.15, 0.2) is 0 Å². The molecule has 0 radical (unpaired) electrons. The van der Waals surface area contributed by atoms with Gasteiger partial charge in [0.25, 0.3) is 0 Å². The van der Waals surface area contributed by atoms with Gasteiger partial charge in [0, 0.05) is 34.4 Å². The number of aryl methyl sites for hydroxylation is 2. The third-order valence-electron chi connectivity index (χ3n) is 4.90. The number of nitrogens with one attached hydrogen (secondary N) is 2. The van der Waals surface area contributed by atoms with E-state index in [1.165, 1.54) is 32.8 Å². The average molecular weight is 331 g/mol. The Hall–Kier alpha value is -3.01. The molecule has 126 valence electrons. The fraction of sp³-hybridized carbons (Fsp3) is 0.190. The van der Waals surface area contributed by atoms with Gasteiger partial charge in [-0.1, -0.05) is 6.08 Å². The van der Waals surface area contributed by atoms with Crippen LogP contribution < -0.4 is 10.1 Å². The zero-order valence-corrected chi connectivity index (χ0v) is 14.7. The number of H-pyrrole nitrogens is 1. The van der Waals surface area contributed by atoms with E-state index in [9.17, 15) is 0 Å². The summed E-state index contributed by atoms with van der Waals surface area (Å²) < 4.78 is 5.43. The second-order valence-electron chi connectivity index (χ2n) is 6.29. The molecule has 0 aliphatic rings. The van der Waals surface area contributed by atoms with Crippen LogP contribution in [0.1, 0.15) is 11.1 Å². The number of ether oxygens (including phenoxy) is 1. The predicted octanol–water partition coefficient (Wildman–Crippen LogP) is 5.09. The number of aromatic nitrogens is 2. The molecule has 4 heteroatoms. The number of rotatable bonds is 4. The van der Waals surface area contributed by atoms with Gasteiger partial charge in [-0.2, -0.15) is 0 Å². The van der Waals surface area contributed by atoms with E-state index in [0.717, 1.165) is 22.5 Å². The van der Waals surface area contributed by atoms with E-state index < -0.39 is 0 Å². The molecule has 4 aromatic rings. The molecule has 2 N–H and O–H groups in total. The van der Waals surface area contributed by atoms with Gasteiger partial charge in [-0.15, -0.1) is 6.58 Å². The molecule has 2 aromatic heterocycles. The lowest BCUT2D eigenvalue weighted by Gasteiger charge is -2.13. The lowest BCUT2D eigenvalue weighted by Crippen LogP contribution is -2.02. The number of nitrogens with zero attached hydrogens (tertiary/aromatic N) is 1. The van der Waals surface area contributed by atoms with Crippen molar-refractivity contribution in [2.75, 3.05) is 19.0 Å². The summed E-state index contributed by atoms with van der Waals surface area (Å²) in [7, 11) is 1.70. The number of aromatic amines is 1. The number of methoxy groups -OCH3 is 1. The Balaban J connectivity index is 2.17. The van der Waals surface area contributed by atoms with Gasteiger partial charge in [0.05, 0.1) is 12.6 Å². The third kappa shape index (κ3) is 2.25. The number of pyridine rings is 1. The molecule has 0 aliphatic heterocycles. The first kappa shape index (κ1) is 15.5. The van der Waals surface area contributed by atoms with E-state index >= 15 is 0 Å². The van der Waals surface area contributed by atoms with Crippen LogP contribution in [0.4, 0.5) is 5.82 Å². The summed E-state index contributed by atoms with van der Waals surface area (Å²) in [5, 5.41) is 8.15. The van der Waals surface area contributed by atoms with Gasteiger partial charge in [0.1, 0.15) is 11.6 Å². The molecule has 0 unspecified atom stereocenters. The number of hydrogen-bond donors (Lipinski definition) is 2. The second-order valence-corrected chi connectivity index (χ2v) is 6.29. The highest BCUT2D eigenvalue weighted by molar-refractivity contribution is 6.18. The summed E-state index contributed by atoms with van der Waals surface area (Å²) in [4.78, 5) is 8.14. The van der Waals surface area contributed by atoms with Crippen LogP contribution in [0.3, 0.4) is 0 Å². The Labute approximate surface area is 146 Å². The SMILES string of the molecule is C=CCNc1nccc2c(C)c3[nH]c4ccc(OC)cc4c3c(C)c12. The maximum Gasteiger partial charge on any atom is 0.134 e. The van der Waals surface area contributed by atoms with Crippen molar-refractivity contribution in [2.24, 2.45) is 0 Å². The summed E-state index contributed by atoms with van der Waals surface area (Å²) in [6, 6.07) is 8.25. The van der Waals surface area contributed by atoms with E-state index in [4.69, 9.17) is 4.74 Å². The Kier molecular flexibility index (Phi) is 3.61. The maximum absolute atomic E-state index is 5.43. The molecule has 0 saturated heterocycles. The molecule has 0 aliphatic carbocycles. The first-order chi connectivity index (χ1) is 12.2. The van der Waals surface area contributed by atoms with Crippen molar-refractivity contribution in [2.45, 2.75) is 13.8 Å². The van der Waals surface area contributed by atoms with Crippen molar-refractivity contribution in [1.29, 1.82) is 0 Å². The molecule has 0 fully saturated rings. The van der Waals surface area contributed by atoms with Gasteiger partial charge in [-0.3, -0.25) is 0 Å². The topological polar surface area (TPSA) is 49.9 Å². The standard InChI is InChI=1S/C21H21N3O/c1-5-9-22-21-19-13(3)18-16-11-14(25-4)6-7-17(16)24-20(18)12(2)15(19)8-10-23-21/h5-8,10-11,24H,1,9H2,2-4H3,(H,22,23). The van der Waals surface area contributed by atoms with Crippen LogP contribution in [0, 0.1) is 13.8 Å². The van der Waals surface area contributed by atoms with Crippen LogP contribution in [-0.4, -0.2) is 23.6 Å². The van der Waals surface area contributed by atoms with Crippen molar-refractivity contribution in [1.82, 2.24) is 9.97 Å². The molecule has 0 atom stereocenters. The molecule has 4 nitrogen and oxygen atoms in total. The van der Waals surface area contributed by atoms with Crippen LogP contribution in [0.15, 0.2) is 43.1 Å². The van der Waals surface area contributed by atoms with Crippen LogP contribution in [-0.2, 0) is 0 Å². The van der Waals surface area contributed by atoms with Crippen molar-refractivity contribution in [3.05, 3.63) is 54.2 Å². The quantitative estimate of drug-likeness (QED) is 0.512. The van der Waals surface area contributed by atoms with Crippen molar-refractivity contribution in [3.8, 4) is 5.75 Å². The molecular formula is C21H21N3O. The highest BCUT2D eigenvalue weighted by Crippen LogP contribution is 2.39. The molecule has 0 saturated carbocycles. The van der Waals surface area contributed by atoms with Gasteiger partial charge in [0.2, 0.25) is 0 Å². The molecule has 4 rings (SSSR count). The minimum absolute atomic E-state index is 0.685. The zero-order chi connectivity index (χ0) is 17.6. The smallest absolute Gasteiger partial charge is 0.134 e. The first-order valence-electron chi connectivity index (χ1n) is 8.37. The lowest BCUT2D eigenvalue weighted by atomic mass is 9.96. The second kappa shape index (κ2) is 5.81. The van der Waals surface area contributed by atoms with Crippen LogP contribution in [0.25, 0.3) is 32.6 Å². The first-order valence-corrected chi connectivity index (χ1v) is 8.37. The van der Waals surface area contributed by atoms with Crippen molar-refractivity contribution < 1.29 is 4.74 Å². The Morgan fingerprint density at radius 2 is 2.00 bits per heavy atom. The van der Waals surface area contributed by atoms with Gasteiger partial charge in [-0.05, 0) is 54.6 Å². The number of fused-ring (bicyclic) bond motifs is 4. The number of anilines is 1. The Morgan fingerprint density at radius 3 is 2.76 bits per heavy atom. The summed E-state index contributed by atoms with van der Waals surface area (Å²) in [5.41, 5.74) is 4.74. The largest absolute Gasteiger partial charge is 0.497 e. The highest BCUT2D eigenvalue weighted by atomic mass is 16.5. The molecular weight excluding hydrogens is 310 g/mol. The minimum Gasteiger partial charge on any atom is -0.497 e. The highest BCUT2D eigenvalue weighted by Gasteiger charge is 2.16. The minimum atomic E-state index is 0.685. The maximum atomic E-state index is 5.43. The van der Waals surface area contributed by atoms with Crippen LogP contribution in [0.2, 0.25) is 0 Å². The van der Waals surface area contributed by atoms with E-state index in [-0.39, 0.29) is 0 Å². The molecule has 2 aromatic carbocycles. The van der Waals surface area contributed by atoms with Crippen molar-refractivity contribution in [3.63, 3.8) is 0 Å². The summed E-state index contributed by atoms with van der Waals surface area (Å²) in [6.07, 6.45) is 3.70. The molecule has 25 heavy (non-hydrogen) atoms. The summed E-state index contributed by atoms with van der Waals surface area (Å²) >= 11 is 0. The van der Waals surface area contributed by atoms with Crippen molar-refractivity contribution >= 4 is 38.4 Å².